The molecule has 0 radical (unpaired) electrons. The topological polar surface area (TPSA) is 52.2 Å². The minimum absolute atomic E-state index is 1.03. The van der Waals surface area contributed by atoms with E-state index in [-0.39, 0.29) is 0 Å². The van der Waals surface area contributed by atoms with Crippen LogP contribution in [0.4, 0.5) is 4.79 Å². The van der Waals surface area contributed by atoms with E-state index in [0.717, 1.165) is 12.8 Å². The predicted molar refractivity (Wildman–Crippen MR) is 54.7 cm³/mol. The Morgan fingerprint density at radius 1 is 1.54 bits per heavy atom. The molecule has 0 aliphatic rings. The summed E-state index contributed by atoms with van der Waals surface area (Å²) >= 11 is 0. The predicted octanol–water partition coefficient (Wildman–Crippen LogP) is 1.41. The van der Waals surface area contributed by atoms with Gasteiger partial charge < -0.3 is 14.9 Å². The summed E-state index contributed by atoms with van der Waals surface area (Å²) in [7, 11) is -1.91. The molecule has 0 aliphatic heterocycles. The molecule has 0 aliphatic carbocycles. The van der Waals surface area contributed by atoms with Gasteiger partial charge in [-0.2, -0.15) is 0 Å². The van der Waals surface area contributed by atoms with Crippen LogP contribution in [0.1, 0.15) is 26.2 Å². The van der Waals surface area contributed by atoms with E-state index in [0.29, 0.717) is 0 Å². The van der Waals surface area contributed by atoms with Crippen LogP contribution in [0.25, 0.3) is 0 Å². The zero-order chi connectivity index (χ0) is 10.3. The third-order valence-electron chi connectivity index (χ3n) is 1.68. The molecular formula is C9H18NO2Si-. The van der Waals surface area contributed by atoms with Crippen LogP contribution in [0.3, 0.4) is 0 Å². The van der Waals surface area contributed by atoms with Crippen LogP contribution in [0.5, 0.6) is 0 Å². The van der Waals surface area contributed by atoms with Crippen LogP contribution in [-0.2, 0) is 0 Å². The Hall–Kier alpha value is -0.773. The van der Waals surface area contributed by atoms with Crippen molar-refractivity contribution in [1.29, 1.82) is 0 Å². The third kappa shape index (κ3) is 7.58. The molecule has 1 N–H and O–H groups in total. The first-order valence-corrected chi connectivity index (χ1v) is 7.72. The molecule has 0 unspecified atom stereocenters. The van der Waals surface area contributed by atoms with Gasteiger partial charge in [-0.25, -0.2) is 0 Å². The molecule has 1 amide bonds. The van der Waals surface area contributed by atoms with Crippen molar-refractivity contribution >= 4 is 14.3 Å². The Labute approximate surface area is 80.9 Å². The highest BCUT2D eigenvalue weighted by molar-refractivity contribution is 6.81. The standard InChI is InChI=1S/C9H19NO2Si/c1-4-5-6-7-8-13(2,3)10-9(11)12/h7-8,10H,4-6H2,1-3H3,(H,11,12)/p-1/b8-7+. The normalized spacial score (nSPS) is 11.9. The van der Waals surface area contributed by atoms with Gasteiger partial charge in [-0.3, -0.25) is 0 Å². The van der Waals surface area contributed by atoms with Gasteiger partial charge in [0.25, 0.3) is 0 Å². The molecule has 0 saturated carbocycles. The lowest BCUT2D eigenvalue weighted by atomic mass is 10.2. The molecule has 0 aromatic heterocycles. The number of rotatable bonds is 5. The number of unbranched alkanes of at least 4 members (excludes halogenated alkanes) is 2. The highest BCUT2D eigenvalue weighted by Gasteiger charge is 2.15. The molecule has 76 valence electrons. The van der Waals surface area contributed by atoms with E-state index < -0.39 is 14.3 Å². The molecule has 4 heteroatoms. The first-order valence-electron chi connectivity index (χ1n) is 4.65. The molecule has 0 aromatic rings. The third-order valence-corrected chi connectivity index (χ3v) is 3.60. The monoisotopic (exact) mass is 200 g/mol. The molecule has 0 spiro atoms. The van der Waals surface area contributed by atoms with Crippen molar-refractivity contribution in [3.05, 3.63) is 11.8 Å². The number of amides is 1. The van der Waals surface area contributed by atoms with Gasteiger partial charge in [0.1, 0.15) is 6.09 Å². The fourth-order valence-corrected chi connectivity index (χ4v) is 2.37. The maximum absolute atomic E-state index is 10.3. The number of allylic oxidation sites excluding steroid dienone is 1. The van der Waals surface area contributed by atoms with E-state index >= 15 is 0 Å². The maximum atomic E-state index is 10.3. The summed E-state index contributed by atoms with van der Waals surface area (Å²) in [5, 5.41) is 10.3. The van der Waals surface area contributed by atoms with Crippen LogP contribution in [0.15, 0.2) is 11.8 Å². The zero-order valence-electron chi connectivity index (χ0n) is 8.59. The number of hydrogen-bond acceptors (Lipinski definition) is 2. The smallest absolute Gasteiger partial charge is 0.172 e. The number of hydrogen-bond donors (Lipinski definition) is 1. The number of carboxylic acid groups (broad SMARTS) is 1. The molecule has 3 nitrogen and oxygen atoms in total. The average Bonchev–Trinajstić information content (AvgIpc) is 1.95. The van der Waals surface area contributed by atoms with Gasteiger partial charge in [0.05, 0.1) is 0 Å². The molecule has 0 aromatic carbocycles. The van der Waals surface area contributed by atoms with Crippen molar-refractivity contribution in [2.75, 3.05) is 0 Å². The van der Waals surface area contributed by atoms with Crippen molar-refractivity contribution in [1.82, 2.24) is 4.98 Å². The Morgan fingerprint density at radius 2 is 2.15 bits per heavy atom. The SMILES string of the molecule is CCCC/C=C/[Si](C)(C)NC(=O)[O-]. The van der Waals surface area contributed by atoms with Gasteiger partial charge in [0.15, 0.2) is 8.24 Å². The second-order valence-electron chi connectivity index (χ2n) is 3.68. The largest absolute Gasteiger partial charge is 0.531 e. The lowest BCUT2D eigenvalue weighted by Crippen LogP contribution is -2.52. The molecule has 0 heterocycles. The summed E-state index contributed by atoms with van der Waals surface area (Å²) in [4.78, 5) is 12.7. The summed E-state index contributed by atoms with van der Waals surface area (Å²) in [6.07, 6.45) is 4.25. The first kappa shape index (κ1) is 12.2. The van der Waals surface area contributed by atoms with Crippen molar-refractivity contribution in [2.45, 2.75) is 39.3 Å². The van der Waals surface area contributed by atoms with Crippen LogP contribution in [0, 0.1) is 0 Å². The van der Waals surface area contributed by atoms with Crippen LogP contribution >= 0.6 is 0 Å². The van der Waals surface area contributed by atoms with E-state index in [4.69, 9.17) is 0 Å². The molecule has 0 rings (SSSR count). The number of nitrogens with one attached hydrogen (secondary N) is 1. The molecule has 0 bridgehead atoms. The van der Waals surface area contributed by atoms with Crippen LogP contribution in [0.2, 0.25) is 13.1 Å². The maximum Gasteiger partial charge on any atom is 0.172 e. The molecule has 0 saturated heterocycles. The van der Waals surface area contributed by atoms with Gasteiger partial charge in [0.2, 0.25) is 0 Å². The average molecular weight is 200 g/mol. The summed E-state index contributed by atoms with van der Waals surface area (Å²) in [5.74, 6) is 0. The van der Waals surface area contributed by atoms with Crippen molar-refractivity contribution in [3.8, 4) is 0 Å². The molecular weight excluding hydrogens is 182 g/mol. The Morgan fingerprint density at radius 3 is 2.62 bits per heavy atom. The Kier molecular flexibility index (Phi) is 5.46. The lowest BCUT2D eigenvalue weighted by molar-refractivity contribution is -0.248. The van der Waals surface area contributed by atoms with Crippen LogP contribution < -0.4 is 10.1 Å². The fraction of sp³-hybridized carbons (Fsp3) is 0.667. The number of carbonyl (C=O) groups is 1. The van der Waals surface area contributed by atoms with Crippen molar-refractivity contribution in [2.24, 2.45) is 0 Å². The minimum Gasteiger partial charge on any atom is -0.531 e. The molecule has 0 atom stereocenters. The zero-order valence-corrected chi connectivity index (χ0v) is 9.59. The minimum atomic E-state index is -1.91. The molecule has 13 heavy (non-hydrogen) atoms. The molecule has 0 fully saturated rings. The van der Waals surface area contributed by atoms with E-state index in [2.05, 4.69) is 18.0 Å². The highest BCUT2D eigenvalue weighted by Crippen LogP contribution is 2.02. The van der Waals surface area contributed by atoms with E-state index in [9.17, 15) is 9.90 Å². The summed E-state index contributed by atoms with van der Waals surface area (Å²) in [6.45, 7) is 6.01. The van der Waals surface area contributed by atoms with Gasteiger partial charge in [-0.15, -0.1) is 0 Å². The summed E-state index contributed by atoms with van der Waals surface area (Å²) < 4.78 is 0. The Balaban J connectivity index is 3.85. The fourth-order valence-electron chi connectivity index (χ4n) is 1.00. The van der Waals surface area contributed by atoms with Crippen LogP contribution in [-0.4, -0.2) is 14.3 Å². The highest BCUT2D eigenvalue weighted by atomic mass is 28.3. The summed E-state index contributed by atoms with van der Waals surface area (Å²) in [5.41, 5.74) is 2.00. The second kappa shape index (κ2) is 5.80. The van der Waals surface area contributed by atoms with Crippen molar-refractivity contribution < 1.29 is 9.90 Å². The van der Waals surface area contributed by atoms with Gasteiger partial charge >= 0.3 is 0 Å². The van der Waals surface area contributed by atoms with Crippen molar-refractivity contribution in [3.63, 3.8) is 0 Å². The quantitative estimate of drug-likeness (QED) is 0.539. The van der Waals surface area contributed by atoms with Gasteiger partial charge in [0, 0.05) is 0 Å². The van der Waals surface area contributed by atoms with Gasteiger partial charge in [-0.1, -0.05) is 31.5 Å². The Bertz CT molecular complexity index is 190. The second-order valence-corrected chi connectivity index (χ2v) is 7.71. The van der Waals surface area contributed by atoms with E-state index in [1.807, 2.05) is 18.8 Å². The first-order chi connectivity index (χ1) is 5.98. The van der Waals surface area contributed by atoms with E-state index in [1.165, 1.54) is 6.42 Å². The van der Waals surface area contributed by atoms with Gasteiger partial charge in [-0.05, 0) is 19.5 Å². The van der Waals surface area contributed by atoms with E-state index in [1.54, 1.807) is 0 Å². The summed E-state index contributed by atoms with van der Waals surface area (Å²) in [6, 6.07) is 0. The lowest BCUT2D eigenvalue weighted by Gasteiger charge is -2.21. The number of carbonyl (C=O) groups excluding carboxylic acids is 1.